The van der Waals surface area contributed by atoms with Crippen molar-refractivity contribution in [2.24, 2.45) is 0 Å². The summed E-state index contributed by atoms with van der Waals surface area (Å²) < 4.78 is 8.14. The number of esters is 1. The van der Waals surface area contributed by atoms with Gasteiger partial charge in [-0.15, -0.1) is 0 Å². The van der Waals surface area contributed by atoms with Crippen molar-refractivity contribution >= 4 is 9.55 Å². The molecule has 2 aromatic rings. The van der Waals surface area contributed by atoms with E-state index in [2.05, 4.69) is 29.2 Å². The van der Waals surface area contributed by atoms with Gasteiger partial charge in [0.25, 0.3) is 0 Å². The van der Waals surface area contributed by atoms with Crippen LogP contribution in [-0.2, 0) is 9.53 Å². The largest absolute Gasteiger partial charge is 0.465 e. The summed E-state index contributed by atoms with van der Waals surface area (Å²) in [5.41, 5.74) is 2.10. The van der Waals surface area contributed by atoms with Crippen LogP contribution in [0.15, 0.2) is 58.3 Å². The Morgan fingerprint density at radius 1 is 1.18 bits per heavy atom. The molecule has 0 fully saturated rings. The highest BCUT2D eigenvalue weighted by Gasteiger charge is 2.48. The van der Waals surface area contributed by atoms with Crippen molar-refractivity contribution in [3.05, 3.63) is 69.6 Å². The first-order valence-electron chi connectivity index (χ1n) is 7.30. The summed E-state index contributed by atoms with van der Waals surface area (Å²) in [6.07, 6.45) is 2.48. The molecule has 0 saturated carbocycles. The first-order chi connectivity index (χ1) is 10.8. The minimum absolute atomic E-state index is 0.0336. The third kappa shape index (κ3) is 3.55. The standard InChI is InChI=1S/C18H17INO2/c1-2-22-18(21)14(16-10-6-7-11-20-16)12-15-17(19-15)13-8-4-3-5-9-13/h3-11,14H,2,12H2,1H3/q+1. The highest BCUT2D eigenvalue weighted by Crippen LogP contribution is 2.26. The molecular weight excluding hydrogens is 389 g/mol. The number of benzene rings is 1. The van der Waals surface area contributed by atoms with Gasteiger partial charge in [0.2, 0.25) is 7.16 Å². The van der Waals surface area contributed by atoms with E-state index in [0.717, 1.165) is 12.1 Å². The third-order valence-corrected chi connectivity index (χ3v) is 6.34. The second-order valence-electron chi connectivity index (χ2n) is 4.94. The molecule has 1 aliphatic heterocycles. The number of pyridine rings is 1. The smallest absolute Gasteiger partial charge is 0.363 e. The average Bonchev–Trinajstić information content (AvgIpc) is 3.34. The van der Waals surface area contributed by atoms with Crippen molar-refractivity contribution < 1.29 is 30.7 Å². The molecule has 1 atom stereocenters. The van der Waals surface area contributed by atoms with E-state index in [9.17, 15) is 4.79 Å². The van der Waals surface area contributed by atoms with Gasteiger partial charge in [-0.1, -0.05) is 36.4 Å². The van der Waals surface area contributed by atoms with E-state index < -0.39 is 0 Å². The molecule has 1 aliphatic rings. The van der Waals surface area contributed by atoms with E-state index in [-0.39, 0.29) is 33.1 Å². The van der Waals surface area contributed by atoms with Gasteiger partial charge in [-0.05, 0) is 19.1 Å². The molecule has 0 N–H and O–H groups in total. The summed E-state index contributed by atoms with van der Waals surface area (Å²) >= 11 is -0.0336. The number of aromatic nitrogens is 1. The van der Waals surface area contributed by atoms with Crippen LogP contribution in [0.25, 0.3) is 3.58 Å². The summed E-state index contributed by atoms with van der Waals surface area (Å²) in [5.74, 6) is -0.450. The number of ether oxygens (including phenoxy) is 1. The van der Waals surface area contributed by atoms with E-state index in [0.29, 0.717) is 6.61 Å². The molecule has 112 valence electrons. The van der Waals surface area contributed by atoms with E-state index in [1.165, 1.54) is 12.7 Å². The van der Waals surface area contributed by atoms with Crippen molar-refractivity contribution in [1.29, 1.82) is 0 Å². The van der Waals surface area contributed by atoms with Crippen LogP contribution >= 0.6 is 0 Å². The molecule has 22 heavy (non-hydrogen) atoms. The molecule has 1 unspecified atom stereocenters. The van der Waals surface area contributed by atoms with Crippen molar-refractivity contribution in [2.75, 3.05) is 6.61 Å². The predicted molar refractivity (Wildman–Crippen MR) is 81.6 cm³/mol. The van der Waals surface area contributed by atoms with Gasteiger partial charge in [-0.3, -0.25) is 9.78 Å². The van der Waals surface area contributed by atoms with Gasteiger partial charge in [0.1, 0.15) is 5.92 Å². The van der Waals surface area contributed by atoms with Crippen molar-refractivity contribution in [1.82, 2.24) is 4.98 Å². The summed E-state index contributed by atoms with van der Waals surface area (Å²) in [5, 5.41) is 0. The predicted octanol–water partition coefficient (Wildman–Crippen LogP) is 0.590. The monoisotopic (exact) mass is 406 g/mol. The minimum Gasteiger partial charge on any atom is -0.465 e. The van der Waals surface area contributed by atoms with Gasteiger partial charge in [-0.2, -0.15) is 0 Å². The molecule has 0 spiro atoms. The van der Waals surface area contributed by atoms with Crippen LogP contribution in [-0.4, -0.2) is 17.6 Å². The Morgan fingerprint density at radius 2 is 1.95 bits per heavy atom. The lowest BCUT2D eigenvalue weighted by atomic mass is 10.00. The number of rotatable bonds is 6. The first kappa shape index (κ1) is 15.2. The van der Waals surface area contributed by atoms with Gasteiger partial charge < -0.3 is 4.74 Å². The van der Waals surface area contributed by atoms with E-state index >= 15 is 0 Å². The number of halogens is 1. The Hall–Kier alpha value is -1.69. The molecule has 3 nitrogen and oxygen atoms in total. The Labute approximate surface area is 140 Å². The maximum atomic E-state index is 12.3. The summed E-state index contributed by atoms with van der Waals surface area (Å²) in [6, 6.07) is 16.1. The number of hydrogen-bond donors (Lipinski definition) is 0. The van der Waals surface area contributed by atoms with Gasteiger partial charge in [0, 0.05) is 18.2 Å². The quantitative estimate of drug-likeness (QED) is 0.521. The van der Waals surface area contributed by atoms with Crippen LogP contribution in [0, 0.1) is 0 Å². The summed E-state index contributed by atoms with van der Waals surface area (Å²) in [4.78, 5) is 16.6. The number of carbonyl (C=O) groups is 1. The lowest BCUT2D eigenvalue weighted by Crippen LogP contribution is -3.48. The summed E-state index contributed by atoms with van der Waals surface area (Å²) in [6.45, 7) is 2.24. The van der Waals surface area contributed by atoms with Gasteiger partial charge in [-0.25, -0.2) is 0 Å². The van der Waals surface area contributed by atoms with Crippen LogP contribution < -0.4 is 21.2 Å². The highest BCUT2D eigenvalue weighted by molar-refractivity contribution is 5.79. The zero-order valence-electron chi connectivity index (χ0n) is 12.3. The van der Waals surface area contributed by atoms with Gasteiger partial charge in [0.15, 0.2) is 0 Å². The minimum atomic E-state index is -0.280. The Morgan fingerprint density at radius 3 is 2.64 bits per heavy atom. The van der Waals surface area contributed by atoms with Gasteiger partial charge >= 0.3 is 27.2 Å². The van der Waals surface area contributed by atoms with Gasteiger partial charge in [0.05, 0.1) is 12.3 Å². The molecule has 4 heteroatoms. The van der Waals surface area contributed by atoms with Crippen LogP contribution in [0.1, 0.15) is 30.5 Å². The molecule has 0 bridgehead atoms. The molecule has 0 amide bonds. The normalized spacial score (nSPS) is 14.6. The first-order valence-corrected chi connectivity index (χ1v) is 9.46. The number of carbonyl (C=O) groups excluding carboxylic acids is 1. The maximum Gasteiger partial charge on any atom is 0.363 e. The fourth-order valence-electron chi connectivity index (χ4n) is 2.33. The summed E-state index contributed by atoms with van der Waals surface area (Å²) in [7, 11) is 0. The van der Waals surface area contributed by atoms with Crippen LogP contribution in [0.5, 0.6) is 0 Å². The molecule has 3 rings (SSSR count). The zero-order valence-corrected chi connectivity index (χ0v) is 14.5. The SMILES string of the molecule is CCOC(=O)C(CC1=C(c2ccccc2)[I+]1)c1ccccn1. The maximum absolute atomic E-state index is 12.3. The molecule has 1 aromatic heterocycles. The number of nitrogens with zero attached hydrogens (tertiary/aromatic N) is 1. The second-order valence-corrected chi connectivity index (χ2v) is 7.86. The topological polar surface area (TPSA) is 39.2 Å². The fraction of sp³-hybridized carbons (Fsp3) is 0.222. The third-order valence-electron chi connectivity index (χ3n) is 3.44. The van der Waals surface area contributed by atoms with Crippen molar-refractivity contribution in [2.45, 2.75) is 19.3 Å². The van der Waals surface area contributed by atoms with E-state index in [4.69, 9.17) is 4.74 Å². The Balaban J connectivity index is 1.80. The van der Waals surface area contributed by atoms with E-state index in [1.54, 1.807) is 6.20 Å². The fourth-order valence-corrected chi connectivity index (χ4v) is 4.71. The molecule has 0 saturated heterocycles. The second kappa shape index (κ2) is 7.05. The van der Waals surface area contributed by atoms with Crippen molar-refractivity contribution in [3.8, 4) is 0 Å². The lowest BCUT2D eigenvalue weighted by Gasteiger charge is -2.11. The highest BCUT2D eigenvalue weighted by atomic mass is 127. The number of hydrogen-bond acceptors (Lipinski definition) is 3. The Kier molecular flexibility index (Phi) is 4.87. The number of allylic oxidation sites excluding steroid dienone is 1. The van der Waals surface area contributed by atoms with Crippen LogP contribution in [0.3, 0.4) is 0 Å². The lowest BCUT2D eigenvalue weighted by molar-refractivity contribution is -0.430. The Bertz CT molecular complexity index is 683. The average molecular weight is 406 g/mol. The van der Waals surface area contributed by atoms with Crippen LogP contribution in [0.4, 0.5) is 0 Å². The molecular formula is C18H17INO2+. The molecule has 0 aliphatic carbocycles. The van der Waals surface area contributed by atoms with E-state index in [1.807, 2.05) is 31.2 Å². The zero-order chi connectivity index (χ0) is 15.4. The van der Waals surface area contributed by atoms with Crippen LogP contribution in [0.2, 0.25) is 0 Å². The molecule has 0 radical (unpaired) electrons. The molecule has 1 aromatic carbocycles. The van der Waals surface area contributed by atoms with Crippen molar-refractivity contribution in [3.63, 3.8) is 0 Å². The molecule has 2 heterocycles.